The summed E-state index contributed by atoms with van der Waals surface area (Å²) in [6.07, 6.45) is 0.616. The first-order valence-electron chi connectivity index (χ1n) is 7.81. The molecule has 1 heterocycles. The molecule has 0 aromatic heterocycles. The van der Waals surface area contributed by atoms with E-state index in [1.165, 1.54) is 0 Å². The van der Waals surface area contributed by atoms with Gasteiger partial charge >= 0.3 is 6.09 Å². The summed E-state index contributed by atoms with van der Waals surface area (Å²) >= 11 is 0. The fourth-order valence-electron chi connectivity index (χ4n) is 2.67. The molecule has 0 bridgehead atoms. The van der Waals surface area contributed by atoms with Crippen LogP contribution in [0, 0.1) is 0 Å². The molecule has 0 aromatic carbocycles. The van der Waals surface area contributed by atoms with Crippen molar-refractivity contribution in [3.05, 3.63) is 0 Å². The van der Waals surface area contributed by atoms with E-state index >= 15 is 0 Å². The number of amides is 1. The number of rotatable bonds is 5. The summed E-state index contributed by atoms with van der Waals surface area (Å²) < 4.78 is 10.8. The standard InChI is InChI=1S/C15H31N3O3/c1-6-12-10-20-8-7-18(12)13(9-16)11(2)17-14(19)21-15(3,4)5/h11-13H,6-10,16H2,1-5H3,(H,17,19). The number of nitrogens with zero attached hydrogens (tertiary/aromatic N) is 1. The minimum atomic E-state index is -0.493. The van der Waals surface area contributed by atoms with Crippen molar-refractivity contribution < 1.29 is 14.3 Å². The van der Waals surface area contributed by atoms with Gasteiger partial charge in [-0.3, -0.25) is 4.90 Å². The van der Waals surface area contributed by atoms with Gasteiger partial charge in [-0.1, -0.05) is 6.92 Å². The normalized spacial score (nSPS) is 23.4. The lowest BCUT2D eigenvalue weighted by Gasteiger charge is -2.42. The number of hydrogen-bond donors (Lipinski definition) is 2. The maximum absolute atomic E-state index is 11.9. The van der Waals surface area contributed by atoms with E-state index in [-0.39, 0.29) is 12.1 Å². The van der Waals surface area contributed by atoms with Crippen LogP contribution < -0.4 is 11.1 Å². The highest BCUT2D eigenvalue weighted by molar-refractivity contribution is 5.68. The number of alkyl carbamates (subject to hydrolysis) is 1. The minimum Gasteiger partial charge on any atom is -0.444 e. The van der Waals surface area contributed by atoms with Gasteiger partial charge < -0.3 is 20.5 Å². The van der Waals surface area contributed by atoms with Gasteiger partial charge in [0.15, 0.2) is 0 Å². The topological polar surface area (TPSA) is 76.8 Å². The van der Waals surface area contributed by atoms with Crippen molar-refractivity contribution in [3.63, 3.8) is 0 Å². The van der Waals surface area contributed by atoms with Gasteiger partial charge in [-0.05, 0) is 34.1 Å². The van der Waals surface area contributed by atoms with E-state index in [1.807, 2.05) is 27.7 Å². The first-order valence-corrected chi connectivity index (χ1v) is 7.81. The van der Waals surface area contributed by atoms with Crippen molar-refractivity contribution in [3.8, 4) is 0 Å². The summed E-state index contributed by atoms with van der Waals surface area (Å²) in [5, 5.41) is 2.91. The Morgan fingerprint density at radius 1 is 1.52 bits per heavy atom. The van der Waals surface area contributed by atoms with Crippen LogP contribution in [0.5, 0.6) is 0 Å². The zero-order chi connectivity index (χ0) is 16.0. The molecule has 0 radical (unpaired) electrons. The Balaban J connectivity index is 2.63. The minimum absolute atomic E-state index is 0.0722. The Bertz CT molecular complexity index is 331. The van der Waals surface area contributed by atoms with E-state index in [9.17, 15) is 4.79 Å². The molecular weight excluding hydrogens is 270 g/mol. The molecule has 1 aliphatic heterocycles. The molecule has 1 aliphatic rings. The second-order valence-electron chi connectivity index (χ2n) is 6.61. The Morgan fingerprint density at radius 3 is 2.71 bits per heavy atom. The molecule has 21 heavy (non-hydrogen) atoms. The van der Waals surface area contributed by atoms with Crippen LogP contribution in [0.1, 0.15) is 41.0 Å². The molecule has 124 valence electrons. The summed E-state index contributed by atoms with van der Waals surface area (Å²) in [7, 11) is 0. The number of hydrogen-bond acceptors (Lipinski definition) is 5. The van der Waals surface area contributed by atoms with Crippen LogP contribution >= 0.6 is 0 Å². The lowest BCUT2D eigenvalue weighted by molar-refractivity contribution is -0.0350. The molecule has 0 aliphatic carbocycles. The van der Waals surface area contributed by atoms with Crippen molar-refractivity contribution in [1.29, 1.82) is 0 Å². The van der Waals surface area contributed by atoms with Gasteiger partial charge in [-0.15, -0.1) is 0 Å². The van der Waals surface area contributed by atoms with Crippen LogP contribution in [0.3, 0.4) is 0 Å². The van der Waals surface area contributed by atoms with Gasteiger partial charge in [-0.2, -0.15) is 0 Å². The van der Waals surface area contributed by atoms with Crippen LogP contribution in [-0.4, -0.2) is 61.0 Å². The molecule has 1 saturated heterocycles. The molecule has 3 atom stereocenters. The fourth-order valence-corrected chi connectivity index (χ4v) is 2.67. The largest absolute Gasteiger partial charge is 0.444 e. The predicted molar refractivity (Wildman–Crippen MR) is 83.3 cm³/mol. The number of nitrogens with one attached hydrogen (secondary N) is 1. The monoisotopic (exact) mass is 301 g/mol. The average molecular weight is 301 g/mol. The van der Waals surface area contributed by atoms with Crippen molar-refractivity contribution in [2.45, 2.75) is 64.8 Å². The first-order chi connectivity index (χ1) is 9.78. The number of carbonyl (C=O) groups is 1. The number of nitrogens with two attached hydrogens (primary N) is 1. The van der Waals surface area contributed by atoms with E-state index in [2.05, 4.69) is 17.1 Å². The fraction of sp³-hybridized carbons (Fsp3) is 0.933. The van der Waals surface area contributed by atoms with Crippen molar-refractivity contribution in [1.82, 2.24) is 10.2 Å². The van der Waals surface area contributed by atoms with E-state index in [0.717, 1.165) is 19.6 Å². The molecule has 3 N–H and O–H groups in total. The Morgan fingerprint density at radius 2 is 2.19 bits per heavy atom. The molecule has 6 heteroatoms. The molecule has 6 nitrogen and oxygen atoms in total. The lowest BCUT2D eigenvalue weighted by atomic mass is 10.0. The van der Waals surface area contributed by atoms with Crippen LogP contribution in [-0.2, 0) is 9.47 Å². The highest BCUT2D eigenvalue weighted by Gasteiger charge is 2.32. The highest BCUT2D eigenvalue weighted by Crippen LogP contribution is 2.16. The van der Waals surface area contributed by atoms with E-state index in [4.69, 9.17) is 15.2 Å². The van der Waals surface area contributed by atoms with Crippen molar-refractivity contribution in [2.24, 2.45) is 5.73 Å². The predicted octanol–water partition coefficient (Wildman–Crippen LogP) is 1.34. The molecule has 1 amide bonds. The quantitative estimate of drug-likeness (QED) is 0.801. The van der Waals surface area contributed by atoms with Crippen molar-refractivity contribution in [2.75, 3.05) is 26.3 Å². The van der Waals surface area contributed by atoms with E-state index in [1.54, 1.807) is 0 Å². The number of morpholine rings is 1. The van der Waals surface area contributed by atoms with Gasteiger partial charge in [0.1, 0.15) is 5.60 Å². The molecule has 0 saturated carbocycles. The average Bonchev–Trinajstić information content (AvgIpc) is 2.37. The number of carbonyl (C=O) groups excluding carboxylic acids is 1. The Hall–Kier alpha value is -0.850. The zero-order valence-electron chi connectivity index (χ0n) is 14.0. The highest BCUT2D eigenvalue weighted by atomic mass is 16.6. The Labute approximate surface area is 128 Å². The summed E-state index contributed by atoms with van der Waals surface area (Å²) in [6, 6.07) is 0.374. The first kappa shape index (κ1) is 18.2. The van der Waals surface area contributed by atoms with Crippen LogP contribution in [0.15, 0.2) is 0 Å². The van der Waals surface area contributed by atoms with E-state index in [0.29, 0.717) is 19.2 Å². The van der Waals surface area contributed by atoms with Crippen LogP contribution in [0.2, 0.25) is 0 Å². The van der Waals surface area contributed by atoms with Gasteiger partial charge in [0.05, 0.1) is 13.2 Å². The van der Waals surface area contributed by atoms with Gasteiger partial charge in [0, 0.05) is 31.2 Å². The third-order valence-corrected chi connectivity index (χ3v) is 3.73. The lowest BCUT2D eigenvalue weighted by Crippen LogP contribution is -2.60. The SMILES string of the molecule is CCC1COCCN1C(CN)C(C)NC(=O)OC(C)(C)C. The summed E-state index contributed by atoms with van der Waals surface area (Å²) in [6.45, 7) is 12.5. The van der Waals surface area contributed by atoms with E-state index < -0.39 is 11.7 Å². The van der Waals surface area contributed by atoms with Crippen molar-refractivity contribution >= 4 is 6.09 Å². The summed E-state index contributed by atoms with van der Waals surface area (Å²) in [5.74, 6) is 0. The van der Waals surface area contributed by atoms with Gasteiger partial charge in [0.2, 0.25) is 0 Å². The molecule has 1 fully saturated rings. The zero-order valence-corrected chi connectivity index (χ0v) is 14.0. The molecule has 0 aromatic rings. The summed E-state index contributed by atoms with van der Waals surface area (Å²) in [4.78, 5) is 14.3. The maximum atomic E-state index is 11.9. The second-order valence-corrected chi connectivity index (χ2v) is 6.61. The third kappa shape index (κ3) is 5.80. The summed E-state index contributed by atoms with van der Waals surface area (Å²) in [5.41, 5.74) is 5.46. The second kappa shape index (κ2) is 7.96. The number of ether oxygens (including phenoxy) is 2. The van der Waals surface area contributed by atoms with Gasteiger partial charge in [0.25, 0.3) is 0 Å². The van der Waals surface area contributed by atoms with Crippen LogP contribution in [0.4, 0.5) is 4.79 Å². The van der Waals surface area contributed by atoms with Crippen LogP contribution in [0.25, 0.3) is 0 Å². The molecular formula is C15H31N3O3. The third-order valence-electron chi connectivity index (χ3n) is 3.73. The molecule has 0 spiro atoms. The smallest absolute Gasteiger partial charge is 0.407 e. The molecule has 1 rings (SSSR count). The Kier molecular flexibility index (Phi) is 6.90. The maximum Gasteiger partial charge on any atom is 0.407 e. The molecule has 3 unspecified atom stereocenters. The van der Waals surface area contributed by atoms with Gasteiger partial charge in [-0.25, -0.2) is 4.79 Å².